The largest absolute Gasteiger partial charge is 0.465 e. The first-order valence-electron chi connectivity index (χ1n) is 4.19. The normalized spacial score (nSPS) is 10.6. The molecule has 1 aromatic rings. The molecule has 1 N–H and O–H groups in total. The Kier molecular flexibility index (Phi) is 4.17. The van der Waals surface area contributed by atoms with Crippen LogP contribution in [0, 0.1) is 0 Å². The second-order valence-electron chi connectivity index (χ2n) is 2.85. The van der Waals surface area contributed by atoms with Gasteiger partial charge in [0.1, 0.15) is 0 Å². The molecule has 0 aromatic carbocycles. The monoisotopic (exact) mass is 295 g/mol. The molecule has 0 spiro atoms. The fourth-order valence-corrected chi connectivity index (χ4v) is 1.77. The zero-order valence-electron chi connectivity index (χ0n) is 8.22. The van der Waals surface area contributed by atoms with Crippen LogP contribution in [0.25, 0.3) is 0 Å². The number of aromatic amines is 1. The summed E-state index contributed by atoms with van der Waals surface area (Å²) < 4.78 is 29.6. The number of nitrogens with one attached hydrogen (secondary N) is 1. The smallest absolute Gasteiger partial charge is 0.338 e. The van der Waals surface area contributed by atoms with Crippen LogP contribution >= 0.6 is 15.9 Å². The van der Waals surface area contributed by atoms with E-state index in [2.05, 4.69) is 25.7 Å². The van der Waals surface area contributed by atoms with Crippen LogP contribution in [0.5, 0.6) is 0 Å². The fraction of sp³-hybridized carbons (Fsp3) is 0.333. The quantitative estimate of drug-likeness (QED) is 0.685. The Balaban J connectivity index is 3.53. The fourth-order valence-electron chi connectivity index (χ4n) is 1.23. The number of rotatable bonds is 3. The van der Waals surface area contributed by atoms with Gasteiger partial charge < -0.3 is 9.72 Å². The van der Waals surface area contributed by atoms with E-state index in [-0.39, 0.29) is 16.5 Å². The van der Waals surface area contributed by atoms with Crippen LogP contribution in [-0.4, -0.2) is 18.1 Å². The molecule has 0 atom stereocenters. The SMILES string of the molecule is COC(=O)c1c(C(F)F)c[nH]c(=O)c1CBr. The minimum atomic E-state index is -2.86. The van der Waals surface area contributed by atoms with Gasteiger partial charge in [-0.25, -0.2) is 13.6 Å². The molecule has 0 aliphatic rings. The second kappa shape index (κ2) is 5.20. The van der Waals surface area contributed by atoms with E-state index < -0.39 is 23.5 Å². The molecule has 7 heteroatoms. The molecule has 1 aromatic heterocycles. The lowest BCUT2D eigenvalue weighted by atomic mass is 10.1. The van der Waals surface area contributed by atoms with Crippen molar-refractivity contribution in [3.05, 3.63) is 33.2 Å². The van der Waals surface area contributed by atoms with E-state index in [1.165, 1.54) is 0 Å². The lowest BCUT2D eigenvalue weighted by Crippen LogP contribution is -2.20. The number of H-pyrrole nitrogens is 1. The third-order valence-electron chi connectivity index (χ3n) is 1.98. The highest BCUT2D eigenvalue weighted by Gasteiger charge is 2.24. The first-order chi connectivity index (χ1) is 7.52. The number of hydrogen-bond acceptors (Lipinski definition) is 3. The summed E-state index contributed by atoms with van der Waals surface area (Å²) >= 11 is 2.97. The number of ether oxygens (including phenoxy) is 1. The Labute approximate surface area is 97.7 Å². The zero-order valence-corrected chi connectivity index (χ0v) is 9.81. The molecule has 1 heterocycles. The molecule has 0 fully saturated rings. The lowest BCUT2D eigenvalue weighted by molar-refractivity contribution is 0.0587. The average Bonchev–Trinajstić information content (AvgIpc) is 2.27. The van der Waals surface area contributed by atoms with E-state index in [0.717, 1.165) is 13.3 Å². The maximum Gasteiger partial charge on any atom is 0.338 e. The Hall–Kier alpha value is -1.24. The molecule has 0 unspecified atom stereocenters. The molecule has 0 saturated heterocycles. The summed E-state index contributed by atoms with van der Waals surface area (Å²) in [6.07, 6.45) is -2.03. The summed E-state index contributed by atoms with van der Waals surface area (Å²) in [5.74, 6) is -0.948. The van der Waals surface area contributed by atoms with Crippen molar-refractivity contribution >= 4 is 21.9 Å². The van der Waals surface area contributed by atoms with Gasteiger partial charge in [0.15, 0.2) is 0 Å². The van der Waals surface area contributed by atoms with Gasteiger partial charge in [-0.15, -0.1) is 0 Å². The van der Waals surface area contributed by atoms with Crippen molar-refractivity contribution in [1.29, 1.82) is 0 Å². The Morgan fingerprint density at radius 1 is 1.62 bits per heavy atom. The second-order valence-corrected chi connectivity index (χ2v) is 3.41. The van der Waals surface area contributed by atoms with E-state index in [1.807, 2.05) is 0 Å². The van der Waals surface area contributed by atoms with E-state index in [4.69, 9.17) is 0 Å². The molecule has 0 aliphatic carbocycles. The van der Waals surface area contributed by atoms with E-state index in [9.17, 15) is 18.4 Å². The van der Waals surface area contributed by atoms with E-state index in [0.29, 0.717) is 0 Å². The Morgan fingerprint density at radius 2 is 2.25 bits per heavy atom. The molecule has 1 rings (SSSR count). The summed E-state index contributed by atoms with van der Waals surface area (Å²) in [4.78, 5) is 24.8. The zero-order chi connectivity index (χ0) is 12.3. The van der Waals surface area contributed by atoms with Crippen LogP contribution in [0.3, 0.4) is 0 Å². The molecule has 0 radical (unpaired) electrons. The number of carbonyl (C=O) groups is 1. The number of pyridine rings is 1. The van der Waals surface area contributed by atoms with Crippen LogP contribution in [0.4, 0.5) is 8.78 Å². The van der Waals surface area contributed by atoms with Crippen LogP contribution in [-0.2, 0) is 10.1 Å². The van der Waals surface area contributed by atoms with Crippen molar-refractivity contribution in [3.63, 3.8) is 0 Å². The average molecular weight is 296 g/mol. The maximum atomic E-state index is 12.6. The molecule has 88 valence electrons. The predicted molar refractivity (Wildman–Crippen MR) is 56.0 cm³/mol. The summed E-state index contributed by atoms with van der Waals surface area (Å²) in [5, 5.41) is -0.00662. The molecule has 0 bridgehead atoms. The van der Waals surface area contributed by atoms with Crippen LogP contribution in [0.15, 0.2) is 11.0 Å². The number of aromatic nitrogens is 1. The van der Waals surface area contributed by atoms with Crippen molar-refractivity contribution in [3.8, 4) is 0 Å². The van der Waals surface area contributed by atoms with E-state index in [1.54, 1.807) is 0 Å². The van der Waals surface area contributed by atoms with Gasteiger partial charge in [0.2, 0.25) is 0 Å². The van der Waals surface area contributed by atoms with Crippen molar-refractivity contribution < 1.29 is 18.3 Å². The minimum absolute atomic E-state index is 0.00662. The van der Waals surface area contributed by atoms with Gasteiger partial charge in [-0.05, 0) is 0 Å². The molecule has 16 heavy (non-hydrogen) atoms. The Morgan fingerprint density at radius 3 is 2.69 bits per heavy atom. The van der Waals surface area contributed by atoms with Gasteiger partial charge in [0.05, 0.1) is 12.7 Å². The van der Waals surface area contributed by atoms with Crippen LogP contribution in [0.1, 0.15) is 27.9 Å². The summed E-state index contributed by atoms with van der Waals surface area (Å²) in [5.41, 5.74) is -1.58. The highest BCUT2D eigenvalue weighted by Crippen LogP contribution is 2.24. The number of methoxy groups -OCH3 is 1. The van der Waals surface area contributed by atoms with Gasteiger partial charge in [-0.2, -0.15) is 0 Å². The first-order valence-corrected chi connectivity index (χ1v) is 5.32. The predicted octanol–water partition coefficient (Wildman–Crippen LogP) is 1.99. The van der Waals surface area contributed by atoms with Gasteiger partial charge >= 0.3 is 5.97 Å². The third kappa shape index (κ3) is 2.29. The minimum Gasteiger partial charge on any atom is -0.465 e. The summed E-state index contributed by atoms with van der Waals surface area (Å²) in [6, 6.07) is 0. The highest BCUT2D eigenvalue weighted by atomic mass is 79.9. The van der Waals surface area contributed by atoms with Gasteiger partial charge in [0.25, 0.3) is 12.0 Å². The first kappa shape index (κ1) is 12.8. The van der Waals surface area contributed by atoms with Crippen molar-refractivity contribution in [2.75, 3.05) is 7.11 Å². The van der Waals surface area contributed by atoms with Crippen LogP contribution < -0.4 is 5.56 Å². The van der Waals surface area contributed by atoms with Crippen molar-refractivity contribution in [2.24, 2.45) is 0 Å². The number of alkyl halides is 3. The van der Waals surface area contributed by atoms with Gasteiger partial charge in [0, 0.05) is 22.7 Å². The van der Waals surface area contributed by atoms with Crippen LogP contribution in [0.2, 0.25) is 0 Å². The molecule has 0 aliphatic heterocycles. The van der Waals surface area contributed by atoms with Crippen molar-refractivity contribution in [1.82, 2.24) is 4.98 Å². The number of carbonyl (C=O) groups excluding carboxylic acids is 1. The third-order valence-corrected chi connectivity index (χ3v) is 2.54. The van der Waals surface area contributed by atoms with E-state index >= 15 is 0 Å². The lowest BCUT2D eigenvalue weighted by Gasteiger charge is -2.09. The molecular weight excluding hydrogens is 288 g/mol. The molecular formula is C9H8BrF2NO3. The topological polar surface area (TPSA) is 59.2 Å². The van der Waals surface area contributed by atoms with Crippen molar-refractivity contribution in [2.45, 2.75) is 11.8 Å². The molecule has 4 nitrogen and oxygen atoms in total. The van der Waals surface area contributed by atoms with Gasteiger partial charge in [-0.1, -0.05) is 15.9 Å². The summed E-state index contributed by atoms with van der Waals surface area (Å²) in [7, 11) is 1.07. The maximum absolute atomic E-state index is 12.6. The molecule has 0 saturated carbocycles. The molecule has 0 amide bonds. The highest BCUT2D eigenvalue weighted by molar-refractivity contribution is 9.08. The standard InChI is InChI=1S/C9H8BrF2NO3/c1-16-9(15)6-4(2-10)8(14)13-3-5(6)7(11)12/h3,7H,2H2,1H3,(H,13,14). The summed E-state index contributed by atoms with van der Waals surface area (Å²) in [6.45, 7) is 0. The Bertz CT molecular complexity index is 459. The number of halogens is 3. The number of esters is 1. The van der Waals surface area contributed by atoms with Gasteiger partial charge in [-0.3, -0.25) is 4.79 Å². The number of hydrogen-bond donors (Lipinski definition) is 1.